The van der Waals surface area contributed by atoms with Gasteiger partial charge in [-0.3, -0.25) is 9.36 Å². The highest BCUT2D eigenvalue weighted by Gasteiger charge is 2.36. The first-order valence-electron chi connectivity index (χ1n) is 16.9. The second-order valence-corrected chi connectivity index (χ2v) is 13.7. The Labute approximate surface area is 283 Å². The SMILES string of the molecule is CC1(C)c2ccccc2-c2cc3c(cc21)c(=O)n(-c1ccccc1)c1ccc(-c2ccc4c(c2)c2ccccc2n4-c2ccccc2)cc31. The zero-order valence-electron chi connectivity index (χ0n) is 27.3. The summed E-state index contributed by atoms with van der Waals surface area (Å²) in [5.41, 5.74) is 12.3. The average molecular weight is 629 g/mol. The van der Waals surface area contributed by atoms with E-state index >= 15 is 0 Å². The predicted molar refractivity (Wildman–Crippen MR) is 204 cm³/mol. The van der Waals surface area contributed by atoms with Crippen molar-refractivity contribution >= 4 is 43.5 Å². The predicted octanol–water partition coefficient (Wildman–Crippen LogP) is 11.2. The van der Waals surface area contributed by atoms with E-state index < -0.39 is 0 Å². The highest BCUT2D eigenvalue weighted by Crippen LogP contribution is 2.50. The van der Waals surface area contributed by atoms with Gasteiger partial charge in [0.2, 0.25) is 0 Å². The zero-order valence-corrected chi connectivity index (χ0v) is 27.3. The van der Waals surface area contributed by atoms with Gasteiger partial charge in [-0.1, -0.05) is 105 Å². The molecule has 1 aliphatic carbocycles. The average Bonchev–Trinajstić information content (AvgIpc) is 3.60. The van der Waals surface area contributed by atoms with Gasteiger partial charge in [-0.15, -0.1) is 0 Å². The second-order valence-electron chi connectivity index (χ2n) is 13.7. The fourth-order valence-corrected chi connectivity index (χ4v) is 8.34. The number of pyridine rings is 1. The van der Waals surface area contributed by atoms with Crippen molar-refractivity contribution in [3.8, 4) is 33.6 Å². The van der Waals surface area contributed by atoms with E-state index in [0.717, 1.165) is 44.2 Å². The van der Waals surface area contributed by atoms with Crippen LogP contribution in [0.15, 0.2) is 163 Å². The van der Waals surface area contributed by atoms with Gasteiger partial charge in [0, 0.05) is 38.3 Å². The number of aromatic nitrogens is 2. The van der Waals surface area contributed by atoms with Gasteiger partial charge in [0.25, 0.3) is 5.56 Å². The maximum atomic E-state index is 14.5. The number of rotatable bonds is 3. The first-order valence-corrected chi connectivity index (χ1v) is 16.9. The van der Waals surface area contributed by atoms with E-state index in [-0.39, 0.29) is 11.0 Å². The van der Waals surface area contributed by atoms with Crippen LogP contribution in [-0.2, 0) is 5.41 Å². The molecule has 10 rings (SSSR count). The lowest BCUT2D eigenvalue weighted by Gasteiger charge is -2.22. The van der Waals surface area contributed by atoms with Gasteiger partial charge < -0.3 is 4.57 Å². The molecule has 49 heavy (non-hydrogen) atoms. The molecule has 3 nitrogen and oxygen atoms in total. The zero-order chi connectivity index (χ0) is 32.9. The normalized spacial score (nSPS) is 13.3. The van der Waals surface area contributed by atoms with Crippen LogP contribution in [0.3, 0.4) is 0 Å². The van der Waals surface area contributed by atoms with E-state index in [1.165, 1.54) is 44.1 Å². The third-order valence-corrected chi connectivity index (χ3v) is 10.7. The van der Waals surface area contributed by atoms with Gasteiger partial charge in [0.05, 0.1) is 16.6 Å². The molecule has 0 fully saturated rings. The van der Waals surface area contributed by atoms with Crippen LogP contribution in [0.1, 0.15) is 25.0 Å². The van der Waals surface area contributed by atoms with Crippen molar-refractivity contribution in [1.82, 2.24) is 9.13 Å². The standard InChI is InChI=1S/C46H32N2O/c1-46(2)40-19-11-9-17-33(40)36-27-35-38-26-30(22-24-44(38)48(32-15-7-4-8-16-32)45(49)39(35)28-41(36)46)29-21-23-43-37(25-29)34-18-10-12-20-42(34)47(43)31-13-5-3-6-14-31/h3-28H,1-2H3. The molecule has 0 radical (unpaired) electrons. The smallest absolute Gasteiger partial charge is 0.263 e. The lowest BCUT2D eigenvalue weighted by Crippen LogP contribution is -2.20. The third-order valence-electron chi connectivity index (χ3n) is 10.7. The van der Waals surface area contributed by atoms with E-state index in [0.29, 0.717) is 0 Å². The van der Waals surface area contributed by atoms with Crippen molar-refractivity contribution in [2.24, 2.45) is 0 Å². The Morgan fingerprint density at radius 3 is 1.67 bits per heavy atom. The second kappa shape index (κ2) is 10.2. The molecule has 2 heterocycles. The number of hydrogen-bond acceptors (Lipinski definition) is 1. The lowest BCUT2D eigenvalue weighted by atomic mass is 9.82. The lowest BCUT2D eigenvalue weighted by molar-refractivity contribution is 0.661. The summed E-state index contributed by atoms with van der Waals surface area (Å²) >= 11 is 0. The van der Waals surface area contributed by atoms with Crippen LogP contribution in [0.25, 0.3) is 77.1 Å². The molecule has 9 aromatic rings. The molecule has 232 valence electrons. The molecule has 0 N–H and O–H groups in total. The molecule has 0 atom stereocenters. The van der Waals surface area contributed by atoms with Crippen molar-refractivity contribution in [2.45, 2.75) is 19.3 Å². The molecule has 7 aromatic carbocycles. The summed E-state index contributed by atoms with van der Waals surface area (Å²) in [5, 5.41) is 5.24. The van der Waals surface area contributed by atoms with Crippen LogP contribution in [-0.4, -0.2) is 9.13 Å². The van der Waals surface area contributed by atoms with Crippen LogP contribution in [0.2, 0.25) is 0 Å². The Kier molecular flexibility index (Phi) is 5.78. The van der Waals surface area contributed by atoms with Crippen LogP contribution < -0.4 is 5.56 Å². The molecule has 0 saturated carbocycles. The van der Waals surface area contributed by atoms with Crippen molar-refractivity contribution in [2.75, 3.05) is 0 Å². The quantitative estimate of drug-likeness (QED) is 0.179. The molecule has 0 spiro atoms. The fourth-order valence-electron chi connectivity index (χ4n) is 8.34. The summed E-state index contributed by atoms with van der Waals surface area (Å²) in [5.74, 6) is 0. The fraction of sp³-hybridized carbons (Fsp3) is 0.0652. The van der Waals surface area contributed by atoms with Gasteiger partial charge >= 0.3 is 0 Å². The molecule has 2 aromatic heterocycles. The Morgan fingerprint density at radius 1 is 0.408 bits per heavy atom. The van der Waals surface area contributed by atoms with Gasteiger partial charge in [0.1, 0.15) is 0 Å². The Bertz CT molecular complexity index is 2860. The minimum Gasteiger partial charge on any atom is -0.309 e. The molecule has 3 heteroatoms. The minimum absolute atomic E-state index is 0.00569. The summed E-state index contributed by atoms with van der Waals surface area (Å²) in [6.45, 7) is 4.53. The van der Waals surface area contributed by atoms with E-state index in [9.17, 15) is 4.79 Å². The number of benzene rings is 7. The molecule has 1 aliphatic rings. The maximum Gasteiger partial charge on any atom is 0.263 e. The molecule has 0 saturated heterocycles. The van der Waals surface area contributed by atoms with Crippen LogP contribution in [0, 0.1) is 0 Å². The summed E-state index contributed by atoms with van der Waals surface area (Å²) in [6, 6.07) is 55.7. The highest BCUT2D eigenvalue weighted by molar-refractivity contribution is 6.12. The van der Waals surface area contributed by atoms with Crippen molar-refractivity contribution in [3.63, 3.8) is 0 Å². The summed E-state index contributed by atoms with van der Waals surface area (Å²) in [4.78, 5) is 14.5. The van der Waals surface area contributed by atoms with Crippen LogP contribution in [0.4, 0.5) is 0 Å². The summed E-state index contributed by atoms with van der Waals surface area (Å²) in [6.07, 6.45) is 0. The van der Waals surface area contributed by atoms with Crippen molar-refractivity contribution < 1.29 is 0 Å². The van der Waals surface area contributed by atoms with Gasteiger partial charge in [-0.2, -0.15) is 0 Å². The van der Waals surface area contributed by atoms with E-state index in [1.54, 1.807) is 0 Å². The Morgan fingerprint density at radius 2 is 0.959 bits per heavy atom. The van der Waals surface area contributed by atoms with Crippen molar-refractivity contribution in [3.05, 3.63) is 179 Å². The highest BCUT2D eigenvalue weighted by atomic mass is 16.1. The first kappa shape index (κ1) is 27.9. The largest absolute Gasteiger partial charge is 0.309 e. The third kappa shape index (κ3) is 3.93. The molecule has 0 unspecified atom stereocenters. The van der Waals surface area contributed by atoms with E-state index in [1.807, 2.05) is 34.9 Å². The molecular weight excluding hydrogens is 597 g/mol. The first-order chi connectivity index (χ1) is 24.0. The summed E-state index contributed by atoms with van der Waals surface area (Å²) < 4.78 is 4.24. The van der Waals surface area contributed by atoms with Gasteiger partial charge in [-0.25, -0.2) is 0 Å². The Hall–Kier alpha value is -6.19. The number of hydrogen-bond donors (Lipinski definition) is 0. The topological polar surface area (TPSA) is 26.9 Å². The number of fused-ring (bicyclic) bond motifs is 9. The Balaban J connectivity index is 1.26. The molecule has 0 aliphatic heterocycles. The number of para-hydroxylation sites is 3. The van der Waals surface area contributed by atoms with Crippen LogP contribution in [0.5, 0.6) is 0 Å². The molecular formula is C46H32N2O. The number of nitrogens with zero attached hydrogens (tertiary/aromatic N) is 2. The van der Waals surface area contributed by atoms with Crippen LogP contribution >= 0.6 is 0 Å². The summed E-state index contributed by atoms with van der Waals surface area (Å²) in [7, 11) is 0. The monoisotopic (exact) mass is 628 g/mol. The molecule has 0 amide bonds. The van der Waals surface area contributed by atoms with E-state index in [4.69, 9.17) is 0 Å². The van der Waals surface area contributed by atoms with E-state index in [2.05, 4.69) is 146 Å². The van der Waals surface area contributed by atoms with Crippen molar-refractivity contribution in [1.29, 1.82) is 0 Å². The van der Waals surface area contributed by atoms with Gasteiger partial charge in [-0.05, 0) is 105 Å². The molecule has 0 bridgehead atoms. The maximum absolute atomic E-state index is 14.5. The van der Waals surface area contributed by atoms with Gasteiger partial charge in [0.15, 0.2) is 0 Å². The minimum atomic E-state index is -0.199.